The molecule has 0 fully saturated rings. The largest absolute Gasteiger partial charge is 0.497 e. The fourth-order valence-electron chi connectivity index (χ4n) is 3.12. The van der Waals surface area contributed by atoms with Crippen molar-refractivity contribution in [3.05, 3.63) is 59.9 Å². The second kappa shape index (κ2) is 8.11. The van der Waals surface area contributed by atoms with E-state index < -0.39 is 0 Å². The Morgan fingerprint density at radius 1 is 0.960 bits per heavy atom. The van der Waals surface area contributed by atoms with Gasteiger partial charge in [0.1, 0.15) is 11.6 Å². The van der Waals surface area contributed by atoms with Crippen LogP contribution in [0.3, 0.4) is 0 Å². The second-order valence-corrected chi connectivity index (χ2v) is 6.37. The zero-order valence-electron chi connectivity index (χ0n) is 14.9. The van der Waals surface area contributed by atoms with Gasteiger partial charge in [0, 0.05) is 10.9 Å². The van der Waals surface area contributed by atoms with Crippen molar-refractivity contribution in [2.24, 2.45) is 0 Å². The minimum atomic E-state index is -0.228. The van der Waals surface area contributed by atoms with Gasteiger partial charge in [-0.25, -0.2) is 9.37 Å². The van der Waals surface area contributed by atoms with Crippen LogP contribution < -0.4 is 4.74 Å². The van der Waals surface area contributed by atoms with Crippen LogP contribution in [0.1, 0.15) is 38.2 Å². The average Bonchev–Trinajstić information content (AvgIpc) is 2.65. The predicted molar refractivity (Wildman–Crippen MR) is 102 cm³/mol. The van der Waals surface area contributed by atoms with Crippen LogP contribution in [0.2, 0.25) is 0 Å². The van der Waals surface area contributed by atoms with Crippen LogP contribution in [0, 0.1) is 5.82 Å². The normalized spacial score (nSPS) is 11.0. The number of hydrogen-bond donors (Lipinski definition) is 0. The van der Waals surface area contributed by atoms with E-state index in [1.165, 1.54) is 37.0 Å². The SMILES string of the molecule is CCCCCCc1cc(-c2ccc(F)cc2)nc2ccc(OC)cc12. The van der Waals surface area contributed by atoms with Gasteiger partial charge in [-0.2, -0.15) is 0 Å². The highest BCUT2D eigenvalue weighted by molar-refractivity contribution is 5.86. The number of aryl methyl sites for hydroxylation is 1. The number of hydrogen-bond acceptors (Lipinski definition) is 2. The van der Waals surface area contributed by atoms with Crippen LogP contribution in [0.25, 0.3) is 22.2 Å². The van der Waals surface area contributed by atoms with Crippen molar-refractivity contribution >= 4 is 10.9 Å². The van der Waals surface area contributed by atoms with E-state index in [9.17, 15) is 4.39 Å². The molecule has 0 unspecified atom stereocenters. The Balaban J connectivity index is 2.02. The molecule has 0 saturated carbocycles. The summed E-state index contributed by atoms with van der Waals surface area (Å²) in [5, 5.41) is 1.14. The fourth-order valence-corrected chi connectivity index (χ4v) is 3.12. The van der Waals surface area contributed by atoms with E-state index in [-0.39, 0.29) is 5.82 Å². The molecule has 3 rings (SSSR count). The summed E-state index contributed by atoms with van der Waals surface area (Å²) in [6, 6.07) is 14.7. The van der Waals surface area contributed by atoms with E-state index in [2.05, 4.69) is 19.1 Å². The number of methoxy groups -OCH3 is 1. The molecule has 1 heterocycles. The van der Waals surface area contributed by atoms with Crippen molar-refractivity contribution in [1.29, 1.82) is 0 Å². The predicted octanol–water partition coefficient (Wildman–Crippen LogP) is 6.17. The molecule has 0 saturated heterocycles. The number of nitrogens with zero attached hydrogens (tertiary/aromatic N) is 1. The standard InChI is InChI=1S/C22H24FNO/c1-3-4-5-6-7-17-14-22(16-8-10-18(23)11-9-16)24-21-13-12-19(25-2)15-20(17)21/h8-15H,3-7H2,1-2H3. The van der Waals surface area contributed by atoms with Crippen molar-refractivity contribution < 1.29 is 9.13 Å². The molecule has 130 valence electrons. The van der Waals surface area contributed by atoms with Gasteiger partial charge >= 0.3 is 0 Å². The summed E-state index contributed by atoms with van der Waals surface area (Å²) in [6.45, 7) is 2.22. The lowest BCUT2D eigenvalue weighted by Gasteiger charge is -2.11. The number of ether oxygens (including phenoxy) is 1. The quantitative estimate of drug-likeness (QED) is 0.481. The molecule has 0 amide bonds. The number of pyridine rings is 1. The third-order valence-electron chi connectivity index (χ3n) is 4.54. The van der Waals surface area contributed by atoms with Gasteiger partial charge in [-0.05, 0) is 66.9 Å². The molecule has 25 heavy (non-hydrogen) atoms. The number of benzene rings is 2. The van der Waals surface area contributed by atoms with Gasteiger partial charge in [-0.15, -0.1) is 0 Å². The molecule has 1 aromatic heterocycles. The first kappa shape index (κ1) is 17.4. The van der Waals surface area contributed by atoms with E-state index in [4.69, 9.17) is 9.72 Å². The maximum atomic E-state index is 13.2. The topological polar surface area (TPSA) is 22.1 Å². The summed E-state index contributed by atoms with van der Waals surface area (Å²) < 4.78 is 18.6. The second-order valence-electron chi connectivity index (χ2n) is 6.37. The third-order valence-corrected chi connectivity index (χ3v) is 4.54. The Hall–Kier alpha value is -2.42. The van der Waals surface area contributed by atoms with E-state index in [1.54, 1.807) is 19.2 Å². The number of unbranched alkanes of at least 4 members (excludes halogenated alkanes) is 3. The van der Waals surface area contributed by atoms with Gasteiger partial charge in [0.25, 0.3) is 0 Å². The first-order valence-electron chi connectivity index (χ1n) is 8.95. The average molecular weight is 337 g/mol. The molecule has 3 heteroatoms. The lowest BCUT2D eigenvalue weighted by atomic mass is 9.99. The molecule has 0 spiro atoms. The molecular weight excluding hydrogens is 313 g/mol. The summed E-state index contributed by atoms with van der Waals surface area (Å²) in [5.41, 5.74) is 4.06. The van der Waals surface area contributed by atoms with E-state index in [1.807, 2.05) is 12.1 Å². The van der Waals surface area contributed by atoms with Gasteiger partial charge in [0.2, 0.25) is 0 Å². The molecule has 0 aliphatic rings. The zero-order valence-corrected chi connectivity index (χ0v) is 14.9. The molecule has 0 radical (unpaired) electrons. The summed E-state index contributed by atoms with van der Waals surface area (Å²) in [4.78, 5) is 4.78. The lowest BCUT2D eigenvalue weighted by Crippen LogP contribution is -1.95. The highest BCUT2D eigenvalue weighted by Crippen LogP contribution is 2.29. The Kier molecular flexibility index (Phi) is 5.64. The van der Waals surface area contributed by atoms with E-state index in [0.717, 1.165) is 40.8 Å². The Bertz CT molecular complexity index is 843. The van der Waals surface area contributed by atoms with Crippen LogP contribution in [-0.2, 0) is 6.42 Å². The van der Waals surface area contributed by atoms with Crippen molar-refractivity contribution in [2.45, 2.75) is 39.0 Å². The van der Waals surface area contributed by atoms with Gasteiger partial charge in [0.05, 0.1) is 18.3 Å². The Labute approximate surface area is 148 Å². The molecular formula is C22H24FNO. The summed E-state index contributed by atoms with van der Waals surface area (Å²) in [5.74, 6) is 0.618. The highest BCUT2D eigenvalue weighted by Gasteiger charge is 2.09. The molecule has 0 atom stereocenters. The smallest absolute Gasteiger partial charge is 0.123 e. The first-order valence-corrected chi connectivity index (χ1v) is 8.95. The number of fused-ring (bicyclic) bond motifs is 1. The first-order chi connectivity index (χ1) is 12.2. The van der Waals surface area contributed by atoms with Gasteiger partial charge in [0.15, 0.2) is 0 Å². The highest BCUT2D eigenvalue weighted by atomic mass is 19.1. The molecule has 2 aromatic carbocycles. The van der Waals surface area contributed by atoms with Crippen LogP contribution in [0.4, 0.5) is 4.39 Å². The minimum absolute atomic E-state index is 0.228. The number of halogens is 1. The van der Waals surface area contributed by atoms with Crippen molar-refractivity contribution in [3.63, 3.8) is 0 Å². The van der Waals surface area contributed by atoms with E-state index >= 15 is 0 Å². The number of aromatic nitrogens is 1. The van der Waals surface area contributed by atoms with Crippen LogP contribution in [0.15, 0.2) is 48.5 Å². The monoisotopic (exact) mass is 337 g/mol. The Morgan fingerprint density at radius 2 is 1.76 bits per heavy atom. The van der Waals surface area contributed by atoms with Crippen LogP contribution >= 0.6 is 0 Å². The Morgan fingerprint density at radius 3 is 2.48 bits per heavy atom. The van der Waals surface area contributed by atoms with Crippen molar-refractivity contribution in [2.75, 3.05) is 7.11 Å². The van der Waals surface area contributed by atoms with Gasteiger partial charge in [-0.1, -0.05) is 26.2 Å². The molecule has 2 nitrogen and oxygen atoms in total. The van der Waals surface area contributed by atoms with Gasteiger partial charge in [-0.3, -0.25) is 0 Å². The summed E-state index contributed by atoms with van der Waals surface area (Å²) >= 11 is 0. The minimum Gasteiger partial charge on any atom is -0.497 e. The summed E-state index contributed by atoms with van der Waals surface area (Å²) in [6.07, 6.45) is 5.90. The fraction of sp³-hybridized carbons (Fsp3) is 0.318. The van der Waals surface area contributed by atoms with E-state index in [0.29, 0.717) is 0 Å². The zero-order chi connectivity index (χ0) is 17.6. The molecule has 0 aliphatic heterocycles. The maximum Gasteiger partial charge on any atom is 0.123 e. The molecule has 0 aliphatic carbocycles. The third kappa shape index (κ3) is 4.16. The molecule has 3 aromatic rings. The lowest BCUT2D eigenvalue weighted by molar-refractivity contribution is 0.415. The van der Waals surface area contributed by atoms with Crippen molar-refractivity contribution in [3.8, 4) is 17.0 Å². The maximum absolute atomic E-state index is 13.2. The number of rotatable bonds is 7. The summed E-state index contributed by atoms with van der Waals surface area (Å²) in [7, 11) is 1.68. The van der Waals surface area contributed by atoms with Crippen molar-refractivity contribution in [1.82, 2.24) is 4.98 Å². The molecule has 0 bridgehead atoms. The molecule has 0 N–H and O–H groups in total. The van der Waals surface area contributed by atoms with Gasteiger partial charge < -0.3 is 4.74 Å². The van der Waals surface area contributed by atoms with Crippen LogP contribution in [-0.4, -0.2) is 12.1 Å². The van der Waals surface area contributed by atoms with Crippen LogP contribution in [0.5, 0.6) is 5.75 Å².